The molecule has 0 spiro atoms. The van der Waals surface area contributed by atoms with E-state index >= 15 is 0 Å². The number of amides is 1. The van der Waals surface area contributed by atoms with Crippen LogP contribution in [0.4, 0.5) is 13.2 Å². The summed E-state index contributed by atoms with van der Waals surface area (Å²) in [7, 11) is 0. The van der Waals surface area contributed by atoms with Crippen LogP contribution in [0.3, 0.4) is 0 Å². The summed E-state index contributed by atoms with van der Waals surface area (Å²) in [5, 5.41) is 8.71. The number of hydrogen-bond acceptors (Lipinski definition) is 2. The average Bonchev–Trinajstić information content (AvgIpc) is 2.68. The first-order chi connectivity index (χ1) is 8.71. The number of hydrogen-bond donors (Lipinski definition) is 2. The average molecular weight is 278 g/mol. The Morgan fingerprint density at radius 3 is 2.32 bits per heavy atom. The van der Waals surface area contributed by atoms with Gasteiger partial charge in [0.2, 0.25) is 5.91 Å². The van der Waals surface area contributed by atoms with Gasteiger partial charge in [0.1, 0.15) is 0 Å². The predicted molar refractivity (Wildman–Crippen MR) is 59.4 cm³/mol. The molecule has 0 saturated heterocycles. The minimum Gasteiger partial charge on any atom is -0.478 e. The van der Waals surface area contributed by atoms with Gasteiger partial charge in [0.05, 0.1) is 11.1 Å². The van der Waals surface area contributed by atoms with E-state index in [9.17, 15) is 22.8 Å². The summed E-state index contributed by atoms with van der Waals surface area (Å²) in [5.74, 6) is -2.10. The fraction of sp³-hybridized carbons (Fsp3) is 0.455. The Morgan fingerprint density at radius 2 is 1.89 bits per heavy atom. The van der Waals surface area contributed by atoms with Crippen molar-refractivity contribution >= 4 is 11.9 Å². The fourth-order valence-electron chi connectivity index (χ4n) is 1.63. The van der Waals surface area contributed by atoms with Crippen molar-refractivity contribution < 1.29 is 27.9 Å². The molecule has 5 nitrogen and oxygen atoms in total. The van der Waals surface area contributed by atoms with Crippen LogP contribution in [0.5, 0.6) is 0 Å². The highest BCUT2D eigenvalue weighted by molar-refractivity contribution is 5.89. The van der Waals surface area contributed by atoms with Crippen molar-refractivity contribution in [1.82, 2.24) is 4.57 Å². The summed E-state index contributed by atoms with van der Waals surface area (Å²) in [6, 6.07) is 0. The number of nitrogens with two attached hydrogens (primary N) is 1. The first-order valence-electron chi connectivity index (χ1n) is 5.50. The molecule has 1 rings (SSSR count). The highest BCUT2D eigenvalue weighted by Crippen LogP contribution is 2.32. The second-order valence-corrected chi connectivity index (χ2v) is 4.05. The minimum absolute atomic E-state index is 0.152. The second kappa shape index (κ2) is 5.77. The van der Waals surface area contributed by atoms with E-state index in [0.717, 1.165) is 17.0 Å². The van der Waals surface area contributed by atoms with E-state index in [0.29, 0.717) is 12.8 Å². The van der Waals surface area contributed by atoms with Crippen molar-refractivity contribution in [2.24, 2.45) is 5.73 Å². The second-order valence-electron chi connectivity index (χ2n) is 4.05. The van der Waals surface area contributed by atoms with Gasteiger partial charge in [0.15, 0.2) is 0 Å². The molecule has 0 aromatic carbocycles. The maximum absolute atomic E-state index is 12.6. The van der Waals surface area contributed by atoms with E-state index in [1.807, 2.05) is 0 Å². The molecule has 1 heterocycles. The van der Waals surface area contributed by atoms with E-state index in [1.54, 1.807) is 0 Å². The molecule has 1 aromatic heterocycles. The molecule has 0 atom stereocenters. The third-order valence-electron chi connectivity index (χ3n) is 2.51. The van der Waals surface area contributed by atoms with Crippen LogP contribution in [-0.2, 0) is 17.5 Å². The molecule has 19 heavy (non-hydrogen) atoms. The summed E-state index contributed by atoms with van der Waals surface area (Å²) in [6.07, 6.45) is -1.97. The number of aromatic nitrogens is 1. The van der Waals surface area contributed by atoms with Gasteiger partial charge < -0.3 is 15.4 Å². The number of primary amides is 1. The molecule has 1 aromatic rings. The summed E-state index contributed by atoms with van der Waals surface area (Å²) < 4.78 is 38.9. The molecule has 0 aliphatic heterocycles. The molecule has 106 valence electrons. The van der Waals surface area contributed by atoms with E-state index in [-0.39, 0.29) is 13.0 Å². The molecule has 0 aliphatic rings. The smallest absolute Gasteiger partial charge is 0.418 e. The monoisotopic (exact) mass is 278 g/mol. The maximum atomic E-state index is 12.6. The van der Waals surface area contributed by atoms with Gasteiger partial charge in [-0.25, -0.2) is 4.79 Å². The quantitative estimate of drug-likeness (QED) is 0.779. The van der Waals surface area contributed by atoms with Gasteiger partial charge in [-0.1, -0.05) is 0 Å². The van der Waals surface area contributed by atoms with Crippen molar-refractivity contribution in [1.29, 1.82) is 0 Å². The lowest BCUT2D eigenvalue weighted by Gasteiger charge is -2.04. The Kier molecular flexibility index (Phi) is 4.57. The molecule has 8 heteroatoms. The van der Waals surface area contributed by atoms with Gasteiger partial charge in [-0.15, -0.1) is 0 Å². The zero-order valence-electron chi connectivity index (χ0n) is 9.91. The van der Waals surface area contributed by atoms with Gasteiger partial charge >= 0.3 is 12.1 Å². The van der Waals surface area contributed by atoms with Crippen LogP contribution in [0.15, 0.2) is 12.4 Å². The number of carbonyl (C=O) groups excluding carboxylic acids is 1. The van der Waals surface area contributed by atoms with Crippen LogP contribution in [0.25, 0.3) is 0 Å². The summed E-state index contributed by atoms with van der Waals surface area (Å²) in [4.78, 5) is 21.2. The summed E-state index contributed by atoms with van der Waals surface area (Å²) >= 11 is 0. The number of carbonyl (C=O) groups is 2. The molecule has 1 amide bonds. The van der Waals surface area contributed by atoms with Gasteiger partial charge in [0.25, 0.3) is 0 Å². The third kappa shape index (κ3) is 4.31. The lowest BCUT2D eigenvalue weighted by molar-refractivity contribution is -0.138. The first kappa shape index (κ1) is 15.1. The highest BCUT2D eigenvalue weighted by Gasteiger charge is 2.36. The van der Waals surface area contributed by atoms with Crippen molar-refractivity contribution in [3.63, 3.8) is 0 Å². The fourth-order valence-corrected chi connectivity index (χ4v) is 1.63. The standard InChI is InChI=1S/C11H13F3N2O3/c12-11(13,14)8-6-16(5-7(8)10(18)19)4-2-1-3-9(15)17/h5-6H,1-4H2,(H2,15,17)(H,18,19). The van der Waals surface area contributed by atoms with E-state index in [2.05, 4.69) is 0 Å². The van der Waals surface area contributed by atoms with Crippen molar-refractivity contribution in [2.75, 3.05) is 0 Å². The van der Waals surface area contributed by atoms with Crippen molar-refractivity contribution in [3.8, 4) is 0 Å². The van der Waals surface area contributed by atoms with E-state index in [4.69, 9.17) is 10.8 Å². The molecule has 3 N–H and O–H groups in total. The molecular weight excluding hydrogens is 265 g/mol. The van der Waals surface area contributed by atoms with Crippen LogP contribution >= 0.6 is 0 Å². The number of nitrogens with zero attached hydrogens (tertiary/aromatic N) is 1. The van der Waals surface area contributed by atoms with Gasteiger partial charge in [-0.3, -0.25) is 4.79 Å². The Hall–Kier alpha value is -1.99. The Bertz CT molecular complexity index is 480. The Morgan fingerprint density at radius 1 is 1.26 bits per heavy atom. The number of carboxylic acids is 1. The number of aromatic carboxylic acids is 1. The molecule has 0 aliphatic carbocycles. The van der Waals surface area contributed by atoms with Crippen molar-refractivity contribution in [2.45, 2.75) is 32.0 Å². The third-order valence-corrected chi connectivity index (χ3v) is 2.51. The number of alkyl halides is 3. The lowest BCUT2D eigenvalue weighted by Crippen LogP contribution is -2.10. The number of aryl methyl sites for hydroxylation is 1. The minimum atomic E-state index is -4.70. The zero-order chi connectivity index (χ0) is 14.6. The molecule has 0 unspecified atom stereocenters. The first-order valence-corrected chi connectivity index (χ1v) is 5.50. The largest absolute Gasteiger partial charge is 0.478 e. The topological polar surface area (TPSA) is 85.3 Å². The SMILES string of the molecule is NC(=O)CCCCn1cc(C(=O)O)c(C(F)(F)F)c1. The number of carboxylic acid groups (broad SMARTS) is 1. The number of unbranched alkanes of at least 4 members (excludes halogenated alkanes) is 1. The molecular formula is C11H13F3N2O3. The predicted octanol–water partition coefficient (Wildman–Crippen LogP) is 1.86. The van der Waals surface area contributed by atoms with Gasteiger partial charge in [-0.05, 0) is 12.8 Å². The van der Waals surface area contributed by atoms with Crippen LogP contribution in [0.1, 0.15) is 35.2 Å². The van der Waals surface area contributed by atoms with Gasteiger partial charge in [-0.2, -0.15) is 13.2 Å². The highest BCUT2D eigenvalue weighted by atomic mass is 19.4. The molecule has 0 radical (unpaired) electrons. The van der Waals surface area contributed by atoms with Crippen LogP contribution in [0, 0.1) is 0 Å². The Balaban J connectivity index is 2.76. The van der Waals surface area contributed by atoms with Gasteiger partial charge in [0, 0.05) is 25.4 Å². The zero-order valence-corrected chi connectivity index (χ0v) is 9.91. The summed E-state index contributed by atoms with van der Waals surface area (Å²) in [6.45, 7) is 0.198. The van der Waals surface area contributed by atoms with Crippen molar-refractivity contribution in [3.05, 3.63) is 23.5 Å². The normalized spacial score (nSPS) is 11.5. The number of halogens is 3. The summed E-state index contributed by atoms with van der Waals surface area (Å²) in [5.41, 5.74) is 2.98. The van der Waals surface area contributed by atoms with E-state index < -0.39 is 29.2 Å². The molecule has 0 saturated carbocycles. The lowest BCUT2D eigenvalue weighted by atomic mass is 10.2. The number of rotatable bonds is 6. The molecule has 0 bridgehead atoms. The molecule has 0 fully saturated rings. The van der Waals surface area contributed by atoms with Crippen LogP contribution in [-0.4, -0.2) is 21.6 Å². The van der Waals surface area contributed by atoms with Crippen LogP contribution < -0.4 is 5.73 Å². The van der Waals surface area contributed by atoms with Crippen LogP contribution in [0.2, 0.25) is 0 Å². The Labute approximate surface area is 106 Å². The van der Waals surface area contributed by atoms with E-state index in [1.165, 1.54) is 0 Å². The maximum Gasteiger partial charge on any atom is 0.418 e.